The van der Waals surface area contributed by atoms with E-state index in [-0.39, 0.29) is 16.8 Å². The van der Waals surface area contributed by atoms with Gasteiger partial charge in [0.2, 0.25) is 0 Å². The summed E-state index contributed by atoms with van der Waals surface area (Å²) in [7, 11) is 0. The summed E-state index contributed by atoms with van der Waals surface area (Å²) < 4.78 is 4.74. The van der Waals surface area contributed by atoms with E-state index in [1.165, 1.54) is 142 Å². The average molecular weight is 987 g/mol. The minimum Gasteiger partial charge on any atom is -0.340 e. The molecular formula is C71H74N2O2. The molecule has 380 valence electrons. The molecule has 0 aliphatic rings. The summed E-state index contributed by atoms with van der Waals surface area (Å²) >= 11 is 0. The van der Waals surface area contributed by atoms with Crippen LogP contribution in [0.4, 0.5) is 0 Å². The van der Waals surface area contributed by atoms with Crippen LogP contribution in [-0.4, -0.2) is 9.13 Å². The highest BCUT2D eigenvalue weighted by Gasteiger charge is 2.26. The van der Waals surface area contributed by atoms with Gasteiger partial charge in [-0.25, -0.2) is 0 Å². The first-order valence-electron chi connectivity index (χ1n) is 28.7. The summed E-state index contributed by atoms with van der Waals surface area (Å²) in [6.07, 6.45) is 19.5. The summed E-state index contributed by atoms with van der Waals surface area (Å²) in [4.78, 5) is 30.5. The predicted octanol–water partition coefficient (Wildman–Crippen LogP) is 19.3. The van der Waals surface area contributed by atoms with Crippen LogP contribution in [0.5, 0.6) is 0 Å². The van der Waals surface area contributed by atoms with Gasteiger partial charge in [0, 0.05) is 40.6 Å². The average Bonchev–Trinajstić information content (AvgIpc) is 3.44. The zero-order valence-electron chi connectivity index (χ0n) is 44.9. The van der Waals surface area contributed by atoms with E-state index < -0.39 is 0 Å². The number of aromatic nitrogens is 2. The minimum atomic E-state index is -0.197. The smallest absolute Gasteiger partial charge is 0.197 e. The number of para-hydroxylation sites is 1. The van der Waals surface area contributed by atoms with Crippen molar-refractivity contribution in [3.63, 3.8) is 0 Å². The molecule has 0 spiro atoms. The summed E-state index contributed by atoms with van der Waals surface area (Å²) in [5, 5.41) is 12.8. The second kappa shape index (κ2) is 22.4. The molecule has 0 unspecified atom stereocenters. The van der Waals surface area contributed by atoms with Gasteiger partial charge in [-0.2, -0.15) is 0 Å². The van der Waals surface area contributed by atoms with Crippen LogP contribution in [0.3, 0.4) is 0 Å². The Labute approximate surface area is 443 Å². The van der Waals surface area contributed by atoms with Gasteiger partial charge in [-0.05, 0) is 146 Å². The van der Waals surface area contributed by atoms with E-state index in [9.17, 15) is 4.79 Å². The Bertz CT molecular complexity index is 3900. The molecule has 0 bridgehead atoms. The first kappa shape index (κ1) is 50.1. The first-order valence-corrected chi connectivity index (χ1v) is 28.7. The van der Waals surface area contributed by atoms with Crippen LogP contribution in [0.2, 0.25) is 0 Å². The third kappa shape index (κ3) is 9.67. The number of unbranched alkanes of at least 4 members (excludes halogenated alkanes) is 14. The lowest BCUT2D eigenvalue weighted by molar-refractivity contribution is 0.552. The molecule has 75 heavy (non-hydrogen) atoms. The van der Waals surface area contributed by atoms with Gasteiger partial charge >= 0.3 is 0 Å². The van der Waals surface area contributed by atoms with E-state index in [1.807, 2.05) is 18.2 Å². The number of hydrogen-bond donors (Lipinski definition) is 0. The van der Waals surface area contributed by atoms with Gasteiger partial charge in [0.1, 0.15) is 0 Å². The van der Waals surface area contributed by atoms with Crippen molar-refractivity contribution in [3.8, 4) is 0 Å². The molecule has 2 heterocycles. The van der Waals surface area contributed by atoms with Gasteiger partial charge in [-0.15, -0.1) is 0 Å². The van der Waals surface area contributed by atoms with E-state index in [0.29, 0.717) is 10.8 Å². The lowest BCUT2D eigenvalue weighted by Crippen LogP contribution is -2.16. The maximum Gasteiger partial charge on any atom is 0.197 e. The van der Waals surface area contributed by atoms with Crippen LogP contribution in [0.15, 0.2) is 161 Å². The summed E-state index contributed by atoms with van der Waals surface area (Å²) in [6, 6.07) is 54.9. The van der Waals surface area contributed by atoms with Gasteiger partial charge in [0.25, 0.3) is 0 Å². The number of pyridine rings is 2. The van der Waals surface area contributed by atoms with Gasteiger partial charge in [-0.1, -0.05) is 207 Å². The third-order valence-electron chi connectivity index (χ3n) is 17.0. The summed E-state index contributed by atoms with van der Waals surface area (Å²) in [5.74, 6) is -0.197. The van der Waals surface area contributed by atoms with Crippen molar-refractivity contribution in [3.05, 3.63) is 200 Å². The molecular weight excluding hydrogens is 913 g/mol. The molecule has 0 saturated heterocycles. The lowest BCUT2D eigenvalue weighted by atomic mass is 9.78. The highest BCUT2D eigenvalue weighted by atomic mass is 16.1. The zero-order valence-corrected chi connectivity index (χ0v) is 44.9. The molecule has 11 rings (SSSR count). The van der Waals surface area contributed by atoms with Crippen LogP contribution in [0.25, 0.3) is 86.7 Å². The molecule has 0 aliphatic heterocycles. The Hall–Kier alpha value is -7.04. The Morgan fingerprint density at radius 3 is 1.25 bits per heavy atom. The second-order valence-electron chi connectivity index (χ2n) is 21.9. The molecule has 0 radical (unpaired) electrons. The van der Waals surface area contributed by atoms with E-state index in [1.54, 1.807) is 0 Å². The van der Waals surface area contributed by atoms with Gasteiger partial charge in [-0.3, -0.25) is 9.59 Å². The van der Waals surface area contributed by atoms with Crippen molar-refractivity contribution in [2.45, 2.75) is 149 Å². The molecule has 4 heteroatoms. The fourth-order valence-electron chi connectivity index (χ4n) is 13.1. The first-order chi connectivity index (χ1) is 36.9. The fraction of sp³-hybridized carbons (Fsp3) is 0.324. The highest BCUT2D eigenvalue weighted by molar-refractivity contribution is 6.08. The zero-order chi connectivity index (χ0) is 51.4. The third-order valence-corrected chi connectivity index (χ3v) is 17.0. The normalized spacial score (nSPS) is 12.1. The van der Waals surface area contributed by atoms with E-state index in [4.69, 9.17) is 0 Å². The van der Waals surface area contributed by atoms with Gasteiger partial charge in [0.15, 0.2) is 10.9 Å². The van der Waals surface area contributed by atoms with Crippen molar-refractivity contribution < 1.29 is 0 Å². The highest BCUT2D eigenvalue weighted by Crippen LogP contribution is 2.44. The number of rotatable bonds is 21. The monoisotopic (exact) mass is 987 g/mol. The van der Waals surface area contributed by atoms with E-state index >= 15 is 4.79 Å². The largest absolute Gasteiger partial charge is 0.340 e. The SMILES string of the molecule is CCCCCCCCCCn1c2ccccc2c(=O)c2cc3c(cc21)c(=O)c1cc(C(c2cccc4cc5ccccc5c(C)c24)c2cccc4cc5ccccc5c(C)c24)ccc1n3CCCCCCCCCC. The number of nitrogens with zero attached hydrogens (tertiary/aromatic N) is 2. The Morgan fingerprint density at radius 2 is 0.747 bits per heavy atom. The molecule has 2 aromatic heterocycles. The van der Waals surface area contributed by atoms with Crippen LogP contribution >= 0.6 is 0 Å². The summed E-state index contributed by atoms with van der Waals surface area (Å²) in [5.41, 5.74) is 9.74. The molecule has 0 aliphatic carbocycles. The maximum atomic E-state index is 15.8. The molecule has 0 atom stereocenters. The second-order valence-corrected chi connectivity index (χ2v) is 21.9. The van der Waals surface area contributed by atoms with Gasteiger partial charge < -0.3 is 9.13 Å². The molecule has 11 aromatic rings. The molecule has 4 nitrogen and oxygen atoms in total. The van der Waals surface area contributed by atoms with E-state index in [2.05, 4.69) is 170 Å². The van der Waals surface area contributed by atoms with E-state index in [0.717, 1.165) is 77.2 Å². The molecule has 0 saturated carbocycles. The number of fused-ring (bicyclic) bond motifs is 8. The number of aryl methyl sites for hydroxylation is 4. The van der Waals surface area contributed by atoms with Crippen molar-refractivity contribution >= 4 is 86.7 Å². The Kier molecular flexibility index (Phi) is 15.0. The number of benzene rings is 9. The van der Waals surface area contributed by atoms with Crippen LogP contribution in [0.1, 0.15) is 150 Å². The van der Waals surface area contributed by atoms with Crippen molar-refractivity contribution in [2.75, 3.05) is 0 Å². The molecule has 9 aromatic carbocycles. The number of hydrogen-bond acceptors (Lipinski definition) is 2. The van der Waals surface area contributed by atoms with Crippen LogP contribution in [0, 0.1) is 13.8 Å². The van der Waals surface area contributed by atoms with Crippen LogP contribution < -0.4 is 10.9 Å². The maximum absolute atomic E-state index is 15.8. The quantitative estimate of drug-likeness (QED) is 0.0409. The molecule has 0 fully saturated rings. The predicted molar refractivity (Wildman–Crippen MR) is 324 cm³/mol. The minimum absolute atomic E-state index is 0.0223. The Morgan fingerprint density at radius 1 is 0.347 bits per heavy atom. The standard InChI is InChI=1S/C71H74N2O2/c1-5-7-9-11-13-15-17-25-41-72-63-38-24-23-35-57(63)70(74)61-46-66-62(47-65(61)72)71(75)60-45-54(39-40-64(60)73(66)42-26-18-16-14-12-10-8-6-2)69(58-36-27-31-52-43-50-29-19-21-33-55(50)48(3)67(52)58)59-37-28-32-53-44-51-30-20-22-34-56(51)49(4)68(53)59/h19-24,27-40,43-47,69H,5-18,25-26,41-42H2,1-4H3. The molecule has 0 amide bonds. The topological polar surface area (TPSA) is 44.0 Å². The van der Waals surface area contributed by atoms with Crippen molar-refractivity contribution in [2.24, 2.45) is 0 Å². The fourth-order valence-corrected chi connectivity index (χ4v) is 13.1. The van der Waals surface area contributed by atoms with Gasteiger partial charge in [0.05, 0.1) is 22.1 Å². The Balaban J connectivity index is 1.13. The molecule has 0 N–H and O–H groups in total. The van der Waals surface area contributed by atoms with Crippen molar-refractivity contribution in [1.82, 2.24) is 9.13 Å². The lowest BCUT2D eigenvalue weighted by Gasteiger charge is -2.26. The summed E-state index contributed by atoms with van der Waals surface area (Å²) in [6.45, 7) is 10.7. The van der Waals surface area contributed by atoms with Crippen molar-refractivity contribution in [1.29, 1.82) is 0 Å². The van der Waals surface area contributed by atoms with Crippen LogP contribution in [-0.2, 0) is 13.1 Å².